The molecule has 1 aliphatic carbocycles. The van der Waals surface area contributed by atoms with Crippen LogP contribution in [-0.4, -0.2) is 0 Å². The predicted octanol–water partition coefficient (Wildman–Crippen LogP) is 3.32. The summed E-state index contributed by atoms with van der Waals surface area (Å²) in [6.07, 6.45) is 3.51. The van der Waals surface area contributed by atoms with Crippen molar-refractivity contribution in [2.24, 2.45) is 5.41 Å². The van der Waals surface area contributed by atoms with Gasteiger partial charge in [-0.2, -0.15) is 0 Å². The summed E-state index contributed by atoms with van der Waals surface area (Å²) in [5.41, 5.74) is 4.70. The van der Waals surface area contributed by atoms with Crippen molar-refractivity contribution in [3.05, 3.63) is 41.8 Å². The van der Waals surface area contributed by atoms with E-state index < -0.39 is 0 Å². The van der Waals surface area contributed by atoms with Crippen LogP contribution in [0.15, 0.2) is 18.2 Å². The molecular weight excluding hydrogens is 156 g/mol. The number of fused-ring (bicyclic) bond motifs is 1. The number of benzene rings is 1. The summed E-state index contributed by atoms with van der Waals surface area (Å²) in [6.45, 7) is 8.74. The molecule has 2 rings (SSSR count). The van der Waals surface area contributed by atoms with Gasteiger partial charge in [0, 0.05) is 0 Å². The van der Waals surface area contributed by atoms with Gasteiger partial charge in [0.2, 0.25) is 0 Å². The molecule has 1 aromatic carbocycles. The molecule has 0 aromatic heterocycles. The molecule has 0 heterocycles. The third-order valence-electron chi connectivity index (χ3n) is 3.24. The van der Waals surface area contributed by atoms with Crippen LogP contribution in [0.4, 0.5) is 0 Å². The number of hydrogen-bond donors (Lipinski definition) is 0. The minimum absolute atomic E-state index is 0.288. The maximum Gasteiger partial charge on any atom is -0.0216 e. The number of hydrogen-bond acceptors (Lipinski definition) is 0. The molecule has 0 bridgehead atoms. The zero-order valence-corrected chi connectivity index (χ0v) is 8.56. The van der Waals surface area contributed by atoms with Gasteiger partial charge < -0.3 is 0 Å². The average Bonchev–Trinajstić information content (AvgIpc) is 2.42. The average molecular weight is 173 g/mol. The molecule has 1 aliphatic rings. The Morgan fingerprint density at radius 1 is 1.31 bits per heavy atom. The van der Waals surface area contributed by atoms with Gasteiger partial charge in [-0.05, 0) is 49.7 Å². The summed E-state index contributed by atoms with van der Waals surface area (Å²) in [6, 6.07) is 6.80. The lowest BCUT2D eigenvalue weighted by Crippen LogP contribution is -2.14. The minimum Gasteiger partial charge on any atom is -0.0648 e. The third-order valence-corrected chi connectivity index (χ3v) is 3.24. The van der Waals surface area contributed by atoms with Crippen molar-refractivity contribution in [2.75, 3.05) is 0 Å². The van der Waals surface area contributed by atoms with E-state index in [0.717, 1.165) is 0 Å². The van der Waals surface area contributed by atoms with E-state index in [1.807, 2.05) is 0 Å². The Balaban J connectivity index is 2.35. The molecule has 0 saturated carbocycles. The van der Waals surface area contributed by atoms with Crippen LogP contribution in [-0.2, 0) is 12.8 Å². The first-order chi connectivity index (χ1) is 6.13. The summed E-state index contributed by atoms with van der Waals surface area (Å²) >= 11 is 0. The summed E-state index contributed by atoms with van der Waals surface area (Å²) in [5.74, 6) is 0. The van der Waals surface area contributed by atoms with E-state index in [2.05, 4.69) is 39.0 Å². The summed E-state index contributed by atoms with van der Waals surface area (Å²) in [7, 11) is 0. The van der Waals surface area contributed by atoms with Crippen LogP contribution in [0.1, 0.15) is 30.0 Å². The fraction of sp³-hybridized carbons (Fsp3) is 0.462. The largest absolute Gasteiger partial charge is 0.0648 e. The molecule has 0 N–H and O–H groups in total. The van der Waals surface area contributed by atoms with Crippen LogP contribution < -0.4 is 0 Å². The van der Waals surface area contributed by atoms with Gasteiger partial charge in [0.15, 0.2) is 0 Å². The quantitative estimate of drug-likeness (QED) is 0.611. The molecule has 0 fully saturated rings. The topological polar surface area (TPSA) is 0 Å². The van der Waals surface area contributed by atoms with E-state index in [-0.39, 0.29) is 5.41 Å². The molecule has 0 aliphatic heterocycles. The first-order valence-corrected chi connectivity index (χ1v) is 5.07. The monoisotopic (exact) mass is 173 g/mol. The van der Waals surface area contributed by atoms with Crippen molar-refractivity contribution in [1.29, 1.82) is 0 Å². The molecule has 0 amide bonds. The first-order valence-electron chi connectivity index (χ1n) is 5.07. The SMILES string of the molecule is [CH2]C1(CC)Cc2ccc(C)cc2C1. The van der Waals surface area contributed by atoms with E-state index in [4.69, 9.17) is 0 Å². The Hall–Kier alpha value is -0.780. The van der Waals surface area contributed by atoms with Crippen molar-refractivity contribution >= 4 is 0 Å². The smallest absolute Gasteiger partial charge is 0.0216 e. The second kappa shape index (κ2) is 2.87. The van der Waals surface area contributed by atoms with Crippen LogP contribution in [0.2, 0.25) is 0 Å². The van der Waals surface area contributed by atoms with E-state index in [0.29, 0.717) is 0 Å². The summed E-state index contributed by atoms with van der Waals surface area (Å²) in [4.78, 5) is 0. The Morgan fingerprint density at radius 2 is 2.00 bits per heavy atom. The number of rotatable bonds is 1. The lowest BCUT2D eigenvalue weighted by atomic mass is 9.85. The van der Waals surface area contributed by atoms with Crippen LogP contribution >= 0.6 is 0 Å². The highest BCUT2D eigenvalue weighted by Gasteiger charge is 2.30. The lowest BCUT2D eigenvalue weighted by molar-refractivity contribution is 0.386. The first kappa shape index (κ1) is 8.80. The second-order valence-corrected chi connectivity index (χ2v) is 4.48. The highest BCUT2D eigenvalue weighted by molar-refractivity contribution is 5.37. The molecule has 69 valence electrons. The van der Waals surface area contributed by atoms with Gasteiger partial charge in [-0.1, -0.05) is 30.7 Å². The van der Waals surface area contributed by atoms with Crippen LogP contribution in [0.25, 0.3) is 0 Å². The molecule has 0 heteroatoms. The highest BCUT2D eigenvalue weighted by atomic mass is 14.3. The van der Waals surface area contributed by atoms with E-state index in [1.54, 1.807) is 0 Å². The Kier molecular flexibility index (Phi) is 1.94. The number of aryl methyl sites for hydroxylation is 1. The Labute approximate surface area is 81.0 Å². The molecule has 1 radical (unpaired) electrons. The van der Waals surface area contributed by atoms with Gasteiger partial charge in [-0.3, -0.25) is 0 Å². The molecule has 1 aromatic rings. The lowest BCUT2D eigenvalue weighted by Gasteiger charge is -2.20. The van der Waals surface area contributed by atoms with Crippen LogP contribution in [0, 0.1) is 19.3 Å². The fourth-order valence-electron chi connectivity index (χ4n) is 2.21. The van der Waals surface area contributed by atoms with Gasteiger partial charge >= 0.3 is 0 Å². The predicted molar refractivity (Wildman–Crippen MR) is 56.7 cm³/mol. The molecule has 0 spiro atoms. The molecule has 1 unspecified atom stereocenters. The minimum atomic E-state index is 0.288. The van der Waals surface area contributed by atoms with Crippen molar-refractivity contribution in [1.82, 2.24) is 0 Å². The zero-order chi connectivity index (χ0) is 9.47. The third kappa shape index (κ3) is 1.50. The molecule has 0 nitrogen and oxygen atoms in total. The standard InChI is InChI=1S/C13H17/c1-4-13(3)8-11-6-5-10(2)7-12(11)9-13/h5-7H,3-4,8-9H2,1-2H3. The highest BCUT2D eigenvalue weighted by Crippen LogP contribution is 2.38. The van der Waals surface area contributed by atoms with Crippen molar-refractivity contribution in [3.8, 4) is 0 Å². The van der Waals surface area contributed by atoms with Gasteiger partial charge in [-0.15, -0.1) is 0 Å². The van der Waals surface area contributed by atoms with Crippen molar-refractivity contribution in [2.45, 2.75) is 33.1 Å². The van der Waals surface area contributed by atoms with E-state index in [1.165, 1.54) is 36.0 Å². The van der Waals surface area contributed by atoms with Gasteiger partial charge in [0.05, 0.1) is 0 Å². The molecular formula is C13H17. The van der Waals surface area contributed by atoms with Crippen molar-refractivity contribution < 1.29 is 0 Å². The Bertz CT molecular complexity index is 325. The zero-order valence-electron chi connectivity index (χ0n) is 8.56. The maximum absolute atomic E-state index is 4.33. The summed E-state index contributed by atoms with van der Waals surface area (Å²) < 4.78 is 0. The molecule has 13 heavy (non-hydrogen) atoms. The van der Waals surface area contributed by atoms with E-state index >= 15 is 0 Å². The fourth-order valence-corrected chi connectivity index (χ4v) is 2.21. The van der Waals surface area contributed by atoms with Gasteiger partial charge in [0.1, 0.15) is 0 Å². The van der Waals surface area contributed by atoms with Crippen molar-refractivity contribution in [3.63, 3.8) is 0 Å². The molecule has 1 atom stereocenters. The summed E-state index contributed by atoms with van der Waals surface area (Å²) in [5, 5.41) is 0. The van der Waals surface area contributed by atoms with Crippen LogP contribution in [0.3, 0.4) is 0 Å². The normalized spacial score (nSPS) is 26.1. The van der Waals surface area contributed by atoms with E-state index in [9.17, 15) is 0 Å². The second-order valence-electron chi connectivity index (χ2n) is 4.48. The maximum atomic E-state index is 4.33. The Morgan fingerprint density at radius 3 is 2.69 bits per heavy atom. The van der Waals surface area contributed by atoms with Gasteiger partial charge in [-0.25, -0.2) is 0 Å². The molecule has 0 saturated heterocycles. The van der Waals surface area contributed by atoms with Crippen LogP contribution in [0.5, 0.6) is 0 Å². The van der Waals surface area contributed by atoms with Gasteiger partial charge in [0.25, 0.3) is 0 Å².